The molecule has 0 fully saturated rings. The van der Waals surface area contributed by atoms with Gasteiger partial charge in [0.2, 0.25) is 5.82 Å². The number of nitrogens with one attached hydrogen (secondary N) is 1. The summed E-state index contributed by atoms with van der Waals surface area (Å²) in [5, 5.41) is 8.09. The SMILES string of the molecule is Cc1ccc(NC(=O)c2nc(-c3ccc(Br)cc3)n(-c3cccc(Cl)c3C)n2)c(C)c1. The van der Waals surface area contributed by atoms with Crippen molar-refractivity contribution in [2.75, 3.05) is 5.32 Å². The maximum atomic E-state index is 13.0. The molecule has 1 heterocycles. The minimum Gasteiger partial charge on any atom is -0.319 e. The highest BCUT2D eigenvalue weighted by Crippen LogP contribution is 2.28. The van der Waals surface area contributed by atoms with Crippen molar-refractivity contribution in [1.82, 2.24) is 14.8 Å². The molecule has 31 heavy (non-hydrogen) atoms. The van der Waals surface area contributed by atoms with Crippen molar-refractivity contribution in [3.05, 3.63) is 92.7 Å². The second-order valence-electron chi connectivity index (χ2n) is 7.33. The van der Waals surface area contributed by atoms with E-state index in [-0.39, 0.29) is 11.7 Å². The fourth-order valence-electron chi connectivity index (χ4n) is 3.32. The fraction of sp³-hybridized carbons (Fsp3) is 0.125. The molecule has 1 amide bonds. The van der Waals surface area contributed by atoms with Gasteiger partial charge < -0.3 is 5.32 Å². The number of hydrogen-bond donors (Lipinski definition) is 1. The minimum atomic E-state index is -0.372. The highest BCUT2D eigenvalue weighted by Gasteiger charge is 2.21. The van der Waals surface area contributed by atoms with Crippen molar-refractivity contribution in [2.24, 2.45) is 0 Å². The Labute approximate surface area is 194 Å². The van der Waals surface area contributed by atoms with Gasteiger partial charge in [0.15, 0.2) is 5.82 Å². The molecule has 0 saturated heterocycles. The quantitative estimate of drug-likeness (QED) is 0.350. The lowest BCUT2D eigenvalue weighted by Gasteiger charge is -2.10. The first-order chi connectivity index (χ1) is 14.8. The number of aromatic nitrogens is 3. The van der Waals surface area contributed by atoms with Crippen molar-refractivity contribution in [1.29, 1.82) is 0 Å². The summed E-state index contributed by atoms with van der Waals surface area (Å²) in [6.45, 7) is 5.89. The molecule has 5 nitrogen and oxygen atoms in total. The van der Waals surface area contributed by atoms with Crippen molar-refractivity contribution in [3.8, 4) is 17.1 Å². The number of halogens is 2. The molecule has 156 valence electrons. The standard InChI is InChI=1S/C24H20BrClN4O/c1-14-7-12-20(15(2)13-14)27-24(31)22-28-23(17-8-10-18(25)11-9-17)30(29-22)21-6-4-5-19(26)16(21)3/h4-13H,1-3H3,(H,27,31). The van der Waals surface area contributed by atoms with Crippen LogP contribution in [-0.4, -0.2) is 20.7 Å². The van der Waals surface area contributed by atoms with Gasteiger partial charge in [-0.25, -0.2) is 9.67 Å². The van der Waals surface area contributed by atoms with Gasteiger partial charge in [0.05, 0.1) is 5.69 Å². The van der Waals surface area contributed by atoms with Gasteiger partial charge in [0, 0.05) is 20.7 Å². The molecule has 3 aromatic carbocycles. The van der Waals surface area contributed by atoms with Crippen LogP contribution in [0.1, 0.15) is 27.3 Å². The second-order valence-corrected chi connectivity index (χ2v) is 8.66. The van der Waals surface area contributed by atoms with Gasteiger partial charge in [-0.2, -0.15) is 0 Å². The van der Waals surface area contributed by atoms with Gasteiger partial charge in [0.25, 0.3) is 5.91 Å². The third-order valence-corrected chi connectivity index (χ3v) is 5.95. The van der Waals surface area contributed by atoms with E-state index in [9.17, 15) is 4.79 Å². The van der Waals surface area contributed by atoms with E-state index in [0.29, 0.717) is 10.8 Å². The number of benzene rings is 3. The lowest BCUT2D eigenvalue weighted by Crippen LogP contribution is -2.15. The van der Waals surface area contributed by atoms with Crippen molar-refractivity contribution in [3.63, 3.8) is 0 Å². The Morgan fingerprint density at radius 2 is 1.77 bits per heavy atom. The monoisotopic (exact) mass is 494 g/mol. The van der Waals surface area contributed by atoms with E-state index in [2.05, 4.69) is 31.3 Å². The first kappa shape index (κ1) is 21.3. The third kappa shape index (κ3) is 4.40. The van der Waals surface area contributed by atoms with E-state index >= 15 is 0 Å². The molecule has 4 aromatic rings. The van der Waals surface area contributed by atoms with E-state index in [4.69, 9.17) is 11.6 Å². The number of anilines is 1. The van der Waals surface area contributed by atoms with Crippen LogP contribution in [0.25, 0.3) is 17.1 Å². The van der Waals surface area contributed by atoms with Crippen LogP contribution in [0.2, 0.25) is 5.02 Å². The Bertz CT molecular complexity index is 1280. The Hall–Kier alpha value is -2.96. The van der Waals surface area contributed by atoms with Crippen LogP contribution in [0.15, 0.2) is 65.1 Å². The highest BCUT2D eigenvalue weighted by molar-refractivity contribution is 9.10. The normalized spacial score (nSPS) is 10.9. The molecule has 1 N–H and O–H groups in total. The van der Waals surface area contributed by atoms with E-state index in [0.717, 1.165) is 38.1 Å². The average Bonchev–Trinajstić information content (AvgIpc) is 3.18. The van der Waals surface area contributed by atoms with Crippen LogP contribution >= 0.6 is 27.5 Å². The maximum absolute atomic E-state index is 13.0. The Morgan fingerprint density at radius 1 is 1.03 bits per heavy atom. The average molecular weight is 496 g/mol. The summed E-state index contributed by atoms with van der Waals surface area (Å²) in [6.07, 6.45) is 0. The summed E-state index contributed by atoms with van der Waals surface area (Å²) >= 11 is 9.80. The summed E-state index contributed by atoms with van der Waals surface area (Å²) in [7, 11) is 0. The van der Waals surface area contributed by atoms with E-state index in [1.165, 1.54) is 0 Å². The number of carbonyl (C=O) groups excluding carboxylic acids is 1. The third-order valence-electron chi connectivity index (χ3n) is 5.01. The molecule has 0 bridgehead atoms. The zero-order valence-electron chi connectivity index (χ0n) is 17.3. The van der Waals surface area contributed by atoms with Crippen LogP contribution in [0.5, 0.6) is 0 Å². The zero-order chi connectivity index (χ0) is 22.1. The molecule has 1 aromatic heterocycles. The van der Waals surface area contributed by atoms with Crippen LogP contribution in [0, 0.1) is 20.8 Å². The molecule has 0 unspecified atom stereocenters. The number of carbonyl (C=O) groups is 1. The van der Waals surface area contributed by atoms with Crippen LogP contribution in [0.3, 0.4) is 0 Å². The van der Waals surface area contributed by atoms with Gasteiger partial charge in [-0.05, 0) is 62.2 Å². The maximum Gasteiger partial charge on any atom is 0.295 e. The number of amides is 1. The Kier molecular flexibility index (Phi) is 5.94. The summed E-state index contributed by atoms with van der Waals surface area (Å²) in [5.74, 6) is 0.268. The topological polar surface area (TPSA) is 59.8 Å². The molecular weight excluding hydrogens is 476 g/mol. The predicted molar refractivity (Wildman–Crippen MR) is 128 cm³/mol. The molecule has 0 aliphatic carbocycles. The van der Waals surface area contributed by atoms with Crippen molar-refractivity contribution < 1.29 is 4.79 Å². The smallest absolute Gasteiger partial charge is 0.295 e. The molecule has 0 atom stereocenters. The molecule has 7 heteroatoms. The molecule has 0 saturated carbocycles. The Balaban J connectivity index is 1.80. The first-order valence-electron chi connectivity index (χ1n) is 9.70. The number of aryl methyl sites for hydroxylation is 2. The van der Waals surface area contributed by atoms with E-state index < -0.39 is 0 Å². The highest BCUT2D eigenvalue weighted by atomic mass is 79.9. The molecule has 0 aliphatic rings. The van der Waals surface area contributed by atoms with Crippen molar-refractivity contribution in [2.45, 2.75) is 20.8 Å². The van der Waals surface area contributed by atoms with Gasteiger partial charge in [-0.1, -0.05) is 63.4 Å². The van der Waals surface area contributed by atoms with E-state index in [1.807, 2.05) is 81.4 Å². The predicted octanol–water partition coefficient (Wildman–Crippen LogP) is 6.53. The second kappa shape index (κ2) is 8.65. The minimum absolute atomic E-state index is 0.0808. The summed E-state index contributed by atoms with van der Waals surface area (Å²) in [4.78, 5) is 17.6. The summed E-state index contributed by atoms with van der Waals surface area (Å²) in [6, 6.07) is 19.1. The zero-order valence-corrected chi connectivity index (χ0v) is 19.6. The first-order valence-corrected chi connectivity index (χ1v) is 10.9. The number of nitrogens with zero attached hydrogens (tertiary/aromatic N) is 3. The number of rotatable bonds is 4. The van der Waals surface area contributed by atoms with Crippen LogP contribution in [0.4, 0.5) is 5.69 Å². The summed E-state index contributed by atoms with van der Waals surface area (Å²) in [5.41, 5.74) is 5.30. The Morgan fingerprint density at radius 3 is 2.48 bits per heavy atom. The lowest BCUT2D eigenvalue weighted by molar-refractivity contribution is 0.101. The van der Waals surface area contributed by atoms with Gasteiger partial charge in [0.1, 0.15) is 0 Å². The largest absolute Gasteiger partial charge is 0.319 e. The molecule has 0 spiro atoms. The molecule has 4 rings (SSSR count). The van der Waals surface area contributed by atoms with E-state index in [1.54, 1.807) is 4.68 Å². The van der Waals surface area contributed by atoms with Gasteiger partial charge in [-0.3, -0.25) is 4.79 Å². The van der Waals surface area contributed by atoms with Crippen LogP contribution in [-0.2, 0) is 0 Å². The summed E-state index contributed by atoms with van der Waals surface area (Å²) < 4.78 is 2.62. The lowest BCUT2D eigenvalue weighted by atomic mass is 10.1. The van der Waals surface area contributed by atoms with Gasteiger partial charge >= 0.3 is 0 Å². The van der Waals surface area contributed by atoms with Crippen molar-refractivity contribution >= 4 is 39.1 Å². The molecule has 0 radical (unpaired) electrons. The number of hydrogen-bond acceptors (Lipinski definition) is 3. The fourth-order valence-corrected chi connectivity index (χ4v) is 3.75. The van der Waals surface area contributed by atoms with Crippen LogP contribution < -0.4 is 5.32 Å². The molecule has 0 aliphatic heterocycles. The van der Waals surface area contributed by atoms with Gasteiger partial charge in [-0.15, -0.1) is 5.10 Å². The molecular formula is C24H20BrClN4O.